The van der Waals surface area contributed by atoms with Gasteiger partial charge in [0.15, 0.2) is 0 Å². The molecule has 23 heavy (non-hydrogen) atoms. The molecule has 1 amide bonds. The quantitative estimate of drug-likeness (QED) is 0.725. The van der Waals surface area contributed by atoms with Crippen molar-refractivity contribution in [2.24, 2.45) is 0 Å². The van der Waals surface area contributed by atoms with E-state index in [2.05, 4.69) is 5.32 Å². The molecule has 0 aliphatic rings. The first-order valence-corrected chi connectivity index (χ1v) is 7.69. The molecule has 0 heterocycles. The summed E-state index contributed by atoms with van der Waals surface area (Å²) in [6, 6.07) is 21.5. The maximum absolute atomic E-state index is 12.3. The third kappa shape index (κ3) is 3.69. The van der Waals surface area contributed by atoms with E-state index >= 15 is 0 Å². The number of nitrogens with one attached hydrogen (secondary N) is 1. The molecule has 3 rings (SSSR count). The van der Waals surface area contributed by atoms with Crippen molar-refractivity contribution in [2.45, 2.75) is 6.92 Å². The number of ether oxygens (including phenoxy) is 1. The SMILES string of the molecule is Cc1ccc(OCCNC(=O)c2cccc3ccccc23)cc1. The maximum atomic E-state index is 12.3. The van der Waals surface area contributed by atoms with Crippen LogP contribution < -0.4 is 10.1 Å². The largest absolute Gasteiger partial charge is 0.492 e. The van der Waals surface area contributed by atoms with Gasteiger partial charge in [-0.1, -0.05) is 54.1 Å². The first-order valence-electron chi connectivity index (χ1n) is 7.69. The zero-order valence-corrected chi connectivity index (χ0v) is 13.1. The molecule has 0 aliphatic carbocycles. The predicted molar refractivity (Wildman–Crippen MR) is 93.0 cm³/mol. The molecule has 0 bridgehead atoms. The molecule has 0 aliphatic heterocycles. The molecule has 1 N–H and O–H groups in total. The summed E-state index contributed by atoms with van der Waals surface area (Å²) in [5.41, 5.74) is 1.89. The second-order valence-electron chi connectivity index (χ2n) is 5.44. The van der Waals surface area contributed by atoms with Crippen LogP contribution in [-0.4, -0.2) is 19.1 Å². The van der Waals surface area contributed by atoms with Crippen LogP contribution in [-0.2, 0) is 0 Å². The molecule has 0 spiro atoms. The highest BCUT2D eigenvalue weighted by molar-refractivity contribution is 6.06. The van der Waals surface area contributed by atoms with Gasteiger partial charge in [-0.25, -0.2) is 0 Å². The fourth-order valence-electron chi connectivity index (χ4n) is 2.49. The third-order valence-electron chi connectivity index (χ3n) is 3.71. The number of carbonyl (C=O) groups excluding carboxylic acids is 1. The summed E-state index contributed by atoms with van der Waals surface area (Å²) in [7, 11) is 0. The van der Waals surface area contributed by atoms with Crippen molar-refractivity contribution >= 4 is 16.7 Å². The molecule has 0 saturated carbocycles. The number of fused-ring (bicyclic) bond motifs is 1. The van der Waals surface area contributed by atoms with Crippen LogP contribution in [0.4, 0.5) is 0 Å². The Morgan fingerprint density at radius 1 is 0.957 bits per heavy atom. The smallest absolute Gasteiger partial charge is 0.252 e. The lowest BCUT2D eigenvalue weighted by Crippen LogP contribution is -2.28. The van der Waals surface area contributed by atoms with E-state index in [9.17, 15) is 4.79 Å². The van der Waals surface area contributed by atoms with Gasteiger partial charge in [-0.2, -0.15) is 0 Å². The lowest BCUT2D eigenvalue weighted by molar-refractivity contribution is 0.0948. The first kappa shape index (κ1) is 15.1. The first-order chi connectivity index (χ1) is 11.2. The highest BCUT2D eigenvalue weighted by Gasteiger charge is 2.08. The van der Waals surface area contributed by atoms with Gasteiger partial charge in [0.25, 0.3) is 5.91 Å². The second kappa shape index (κ2) is 6.97. The number of aryl methyl sites for hydroxylation is 1. The van der Waals surface area contributed by atoms with Gasteiger partial charge < -0.3 is 10.1 Å². The van der Waals surface area contributed by atoms with Crippen LogP contribution >= 0.6 is 0 Å². The summed E-state index contributed by atoms with van der Waals surface area (Å²) < 4.78 is 5.62. The highest BCUT2D eigenvalue weighted by Crippen LogP contribution is 2.18. The van der Waals surface area contributed by atoms with Gasteiger partial charge in [-0.3, -0.25) is 4.79 Å². The number of rotatable bonds is 5. The van der Waals surface area contributed by atoms with Gasteiger partial charge >= 0.3 is 0 Å². The van der Waals surface area contributed by atoms with Crippen molar-refractivity contribution in [3.05, 3.63) is 77.9 Å². The maximum Gasteiger partial charge on any atom is 0.252 e. The van der Waals surface area contributed by atoms with Crippen molar-refractivity contribution in [3.63, 3.8) is 0 Å². The summed E-state index contributed by atoms with van der Waals surface area (Å²) in [6.45, 7) is 2.95. The van der Waals surface area contributed by atoms with Crippen molar-refractivity contribution in [1.82, 2.24) is 5.32 Å². The van der Waals surface area contributed by atoms with Gasteiger partial charge in [-0.05, 0) is 35.9 Å². The van der Waals surface area contributed by atoms with E-state index in [4.69, 9.17) is 4.74 Å². The highest BCUT2D eigenvalue weighted by atomic mass is 16.5. The van der Waals surface area contributed by atoms with E-state index in [-0.39, 0.29) is 5.91 Å². The molecular weight excluding hydrogens is 286 g/mol. The van der Waals surface area contributed by atoms with Crippen molar-refractivity contribution in [3.8, 4) is 5.75 Å². The minimum Gasteiger partial charge on any atom is -0.492 e. The Morgan fingerprint density at radius 3 is 2.52 bits per heavy atom. The molecule has 0 saturated heterocycles. The molecule has 0 radical (unpaired) electrons. The number of benzene rings is 3. The molecule has 116 valence electrons. The van der Waals surface area contributed by atoms with E-state index < -0.39 is 0 Å². The number of hydrogen-bond acceptors (Lipinski definition) is 2. The van der Waals surface area contributed by atoms with Gasteiger partial charge in [0.2, 0.25) is 0 Å². The van der Waals surface area contributed by atoms with Crippen molar-refractivity contribution < 1.29 is 9.53 Å². The molecular formula is C20H19NO2. The lowest BCUT2D eigenvalue weighted by atomic mass is 10.0. The minimum atomic E-state index is -0.0747. The van der Waals surface area contributed by atoms with Crippen LogP contribution in [0, 0.1) is 6.92 Å². The van der Waals surface area contributed by atoms with Crippen LogP contribution in [0.25, 0.3) is 10.8 Å². The monoisotopic (exact) mass is 305 g/mol. The number of amides is 1. The van der Waals surface area contributed by atoms with Crippen LogP contribution in [0.1, 0.15) is 15.9 Å². The van der Waals surface area contributed by atoms with Gasteiger partial charge in [0.05, 0.1) is 6.54 Å². The standard InChI is InChI=1S/C20H19NO2/c1-15-9-11-17(12-10-15)23-14-13-21-20(22)19-8-4-6-16-5-2-3-7-18(16)19/h2-12H,13-14H2,1H3,(H,21,22). The zero-order chi connectivity index (χ0) is 16.1. The Balaban J connectivity index is 1.57. The molecule has 3 nitrogen and oxygen atoms in total. The topological polar surface area (TPSA) is 38.3 Å². The summed E-state index contributed by atoms with van der Waals surface area (Å²) >= 11 is 0. The minimum absolute atomic E-state index is 0.0747. The Morgan fingerprint density at radius 2 is 1.70 bits per heavy atom. The van der Waals surface area contributed by atoms with Gasteiger partial charge in [0, 0.05) is 5.56 Å². The third-order valence-corrected chi connectivity index (χ3v) is 3.71. The van der Waals surface area contributed by atoms with Gasteiger partial charge in [0.1, 0.15) is 12.4 Å². The van der Waals surface area contributed by atoms with Crippen LogP contribution in [0.15, 0.2) is 66.7 Å². The van der Waals surface area contributed by atoms with E-state index in [1.54, 1.807) is 0 Å². The summed E-state index contributed by atoms with van der Waals surface area (Å²) in [5.74, 6) is 0.740. The van der Waals surface area contributed by atoms with Crippen LogP contribution in [0.2, 0.25) is 0 Å². The Labute approximate surface area is 135 Å². The van der Waals surface area contributed by atoms with E-state index in [0.717, 1.165) is 16.5 Å². The average Bonchev–Trinajstić information content (AvgIpc) is 2.59. The number of hydrogen-bond donors (Lipinski definition) is 1. The van der Waals surface area contributed by atoms with Crippen molar-refractivity contribution in [2.75, 3.05) is 13.2 Å². The Bertz CT molecular complexity index is 804. The predicted octanol–water partition coefficient (Wildman–Crippen LogP) is 3.96. The fraction of sp³-hybridized carbons (Fsp3) is 0.150. The molecule has 0 atom stereocenters. The molecule has 0 unspecified atom stereocenters. The molecule has 0 aromatic heterocycles. The number of carbonyl (C=O) groups is 1. The zero-order valence-electron chi connectivity index (χ0n) is 13.1. The Hall–Kier alpha value is -2.81. The summed E-state index contributed by atoms with van der Waals surface area (Å²) in [5, 5.41) is 4.94. The second-order valence-corrected chi connectivity index (χ2v) is 5.44. The Kier molecular flexibility index (Phi) is 4.57. The molecule has 3 heteroatoms. The van der Waals surface area contributed by atoms with E-state index in [0.29, 0.717) is 18.7 Å². The summed E-state index contributed by atoms with van der Waals surface area (Å²) in [6.07, 6.45) is 0. The van der Waals surface area contributed by atoms with Gasteiger partial charge in [-0.15, -0.1) is 0 Å². The molecule has 0 fully saturated rings. The normalized spacial score (nSPS) is 10.5. The van der Waals surface area contributed by atoms with E-state index in [1.165, 1.54) is 5.56 Å². The van der Waals surface area contributed by atoms with E-state index in [1.807, 2.05) is 73.7 Å². The molecule has 3 aromatic carbocycles. The van der Waals surface area contributed by atoms with Crippen LogP contribution in [0.3, 0.4) is 0 Å². The van der Waals surface area contributed by atoms with Crippen molar-refractivity contribution in [1.29, 1.82) is 0 Å². The lowest BCUT2D eigenvalue weighted by Gasteiger charge is -2.09. The van der Waals surface area contributed by atoms with Crippen LogP contribution in [0.5, 0.6) is 5.75 Å². The summed E-state index contributed by atoms with van der Waals surface area (Å²) in [4.78, 5) is 12.3. The fourth-order valence-corrected chi connectivity index (χ4v) is 2.49. The molecule has 3 aromatic rings. The average molecular weight is 305 g/mol.